The average molecular weight is 306 g/mol. The normalized spacial score (nSPS) is 10.8. The molecule has 0 aliphatic carbocycles. The molecule has 1 rings (SSSR count). The summed E-state index contributed by atoms with van der Waals surface area (Å²) in [5.41, 5.74) is 0.770. The lowest BCUT2D eigenvalue weighted by molar-refractivity contribution is -0.131. The highest BCUT2D eigenvalue weighted by Crippen LogP contribution is 2.28. The van der Waals surface area contributed by atoms with Crippen LogP contribution in [0.2, 0.25) is 0 Å². The van der Waals surface area contributed by atoms with Gasteiger partial charge in [-0.3, -0.25) is 0 Å². The zero-order chi connectivity index (χ0) is 16.2. The van der Waals surface area contributed by atoms with Crippen molar-refractivity contribution >= 4 is 12.0 Å². The molecule has 0 radical (unpaired) electrons. The minimum absolute atomic E-state index is 0.624. The van der Waals surface area contributed by atoms with Crippen LogP contribution in [0.3, 0.4) is 0 Å². The molecule has 0 atom stereocenters. The monoisotopic (exact) mass is 306 g/mol. The van der Waals surface area contributed by atoms with E-state index in [-0.39, 0.29) is 0 Å². The van der Waals surface area contributed by atoms with E-state index in [0.29, 0.717) is 18.1 Å². The number of hydrogen-bond donors (Lipinski definition) is 1. The van der Waals surface area contributed by atoms with Crippen LogP contribution in [0.25, 0.3) is 6.08 Å². The van der Waals surface area contributed by atoms with Gasteiger partial charge in [0, 0.05) is 6.08 Å². The lowest BCUT2D eigenvalue weighted by Gasteiger charge is -2.11. The first kappa shape index (κ1) is 18.1. The van der Waals surface area contributed by atoms with E-state index in [9.17, 15) is 4.79 Å². The Morgan fingerprint density at radius 2 is 1.86 bits per heavy atom. The second kappa shape index (κ2) is 10.7. The molecule has 0 aromatic heterocycles. The van der Waals surface area contributed by atoms with Crippen LogP contribution in [0.4, 0.5) is 0 Å². The Morgan fingerprint density at radius 3 is 2.55 bits per heavy atom. The van der Waals surface area contributed by atoms with Gasteiger partial charge in [-0.15, -0.1) is 0 Å². The molecule has 0 unspecified atom stereocenters. The van der Waals surface area contributed by atoms with Crippen molar-refractivity contribution in [1.82, 2.24) is 0 Å². The van der Waals surface area contributed by atoms with Gasteiger partial charge in [-0.25, -0.2) is 4.79 Å². The van der Waals surface area contributed by atoms with Crippen molar-refractivity contribution in [2.75, 3.05) is 13.7 Å². The summed E-state index contributed by atoms with van der Waals surface area (Å²) < 4.78 is 11.0. The third-order valence-corrected chi connectivity index (χ3v) is 3.36. The van der Waals surface area contributed by atoms with Gasteiger partial charge in [0.15, 0.2) is 11.5 Å². The maximum absolute atomic E-state index is 10.5. The summed E-state index contributed by atoms with van der Waals surface area (Å²) in [4.78, 5) is 10.5. The molecule has 122 valence electrons. The molecule has 0 fully saturated rings. The molecule has 0 bridgehead atoms. The molecular weight excluding hydrogens is 280 g/mol. The van der Waals surface area contributed by atoms with Gasteiger partial charge < -0.3 is 14.6 Å². The number of aliphatic carboxylic acids is 1. The number of unbranched alkanes of at least 4 members (excludes halogenated alkanes) is 5. The summed E-state index contributed by atoms with van der Waals surface area (Å²) >= 11 is 0. The van der Waals surface area contributed by atoms with Crippen molar-refractivity contribution in [3.8, 4) is 11.5 Å². The van der Waals surface area contributed by atoms with Crippen LogP contribution in [-0.2, 0) is 4.79 Å². The highest BCUT2D eigenvalue weighted by molar-refractivity contribution is 5.85. The summed E-state index contributed by atoms with van der Waals surface area (Å²) in [6.07, 6.45) is 9.97. The van der Waals surface area contributed by atoms with Gasteiger partial charge >= 0.3 is 5.97 Å². The molecule has 0 aliphatic heterocycles. The van der Waals surface area contributed by atoms with E-state index in [0.717, 1.165) is 18.1 Å². The molecule has 1 N–H and O–H groups in total. The van der Waals surface area contributed by atoms with Gasteiger partial charge in [0.2, 0.25) is 0 Å². The van der Waals surface area contributed by atoms with Crippen molar-refractivity contribution in [3.63, 3.8) is 0 Å². The lowest BCUT2D eigenvalue weighted by Crippen LogP contribution is -1.99. The topological polar surface area (TPSA) is 55.8 Å². The number of carboxylic acids is 1. The minimum atomic E-state index is -0.970. The summed E-state index contributed by atoms with van der Waals surface area (Å²) in [5.74, 6) is 0.351. The van der Waals surface area contributed by atoms with Gasteiger partial charge in [0.25, 0.3) is 0 Å². The Kier molecular flexibility index (Phi) is 8.80. The highest BCUT2D eigenvalue weighted by Gasteiger charge is 2.05. The van der Waals surface area contributed by atoms with E-state index >= 15 is 0 Å². The summed E-state index contributed by atoms with van der Waals surface area (Å²) in [6.45, 7) is 2.89. The number of methoxy groups -OCH3 is 1. The standard InChI is InChI=1S/C18H26O4/c1-3-4-5-6-7-8-13-22-16-11-9-15(10-12-18(19)20)14-17(16)21-2/h9-12,14H,3-8,13H2,1-2H3,(H,19,20). The molecule has 0 saturated carbocycles. The van der Waals surface area contributed by atoms with Gasteiger partial charge in [-0.2, -0.15) is 0 Å². The van der Waals surface area contributed by atoms with Crippen LogP contribution in [0.15, 0.2) is 24.3 Å². The second-order valence-electron chi connectivity index (χ2n) is 5.20. The number of carboxylic acid groups (broad SMARTS) is 1. The summed E-state index contributed by atoms with van der Waals surface area (Å²) in [5, 5.41) is 8.63. The highest BCUT2D eigenvalue weighted by atomic mass is 16.5. The lowest BCUT2D eigenvalue weighted by atomic mass is 10.1. The molecule has 0 heterocycles. The fourth-order valence-electron chi connectivity index (χ4n) is 2.14. The van der Waals surface area contributed by atoms with Crippen LogP contribution < -0.4 is 9.47 Å². The van der Waals surface area contributed by atoms with Crippen molar-refractivity contribution in [2.24, 2.45) is 0 Å². The summed E-state index contributed by atoms with van der Waals surface area (Å²) in [7, 11) is 1.58. The summed E-state index contributed by atoms with van der Waals surface area (Å²) in [6, 6.07) is 5.41. The van der Waals surface area contributed by atoms with Crippen molar-refractivity contribution in [3.05, 3.63) is 29.8 Å². The van der Waals surface area contributed by atoms with Gasteiger partial charge in [-0.05, 0) is 30.2 Å². The number of ether oxygens (including phenoxy) is 2. The minimum Gasteiger partial charge on any atom is -0.493 e. The van der Waals surface area contributed by atoms with Crippen LogP contribution in [0.5, 0.6) is 11.5 Å². The van der Waals surface area contributed by atoms with Gasteiger partial charge in [0.1, 0.15) is 0 Å². The molecule has 4 nitrogen and oxygen atoms in total. The van der Waals surface area contributed by atoms with Gasteiger partial charge in [-0.1, -0.05) is 45.1 Å². The second-order valence-corrected chi connectivity index (χ2v) is 5.20. The van der Waals surface area contributed by atoms with Crippen LogP contribution in [-0.4, -0.2) is 24.8 Å². The van der Waals surface area contributed by atoms with E-state index < -0.39 is 5.97 Å². The smallest absolute Gasteiger partial charge is 0.328 e. The Labute approximate surface area is 132 Å². The molecule has 0 aliphatic rings. The molecule has 4 heteroatoms. The molecule has 0 spiro atoms. The largest absolute Gasteiger partial charge is 0.493 e. The molecule has 22 heavy (non-hydrogen) atoms. The predicted molar refractivity (Wildman–Crippen MR) is 88.5 cm³/mol. The molecule has 0 saturated heterocycles. The Balaban J connectivity index is 2.44. The zero-order valence-corrected chi connectivity index (χ0v) is 13.5. The molecule has 1 aromatic rings. The predicted octanol–water partition coefficient (Wildman–Crippen LogP) is 4.53. The van der Waals surface area contributed by atoms with Crippen molar-refractivity contribution in [2.45, 2.75) is 45.4 Å². The Morgan fingerprint density at radius 1 is 1.14 bits per heavy atom. The third kappa shape index (κ3) is 7.16. The molecule has 1 aromatic carbocycles. The maximum atomic E-state index is 10.5. The zero-order valence-electron chi connectivity index (χ0n) is 13.5. The first-order valence-electron chi connectivity index (χ1n) is 7.89. The molecule has 0 amide bonds. The Bertz CT molecular complexity index is 480. The fraction of sp³-hybridized carbons (Fsp3) is 0.500. The van der Waals surface area contributed by atoms with Crippen LogP contribution in [0, 0.1) is 0 Å². The van der Waals surface area contributed by atoms with Gasteiger partial charge in [0.05, 0.1) is 13.7 Å². The van der Waals surface area contributed by atoms with E-state index in [4.69, 9.17) is 14.6 Å². The fourth-order valence-corrected chi connectivity index (χ4v) is 2.14. The maximum Gasteiger partial charge on any atom is 0.328 e. The van der Waals surface area contributed by atoms with E-state index in [1.54, 1.807) is 13.2 Å². The number of rotatable bonds is 11. The third-order valence-electron chi connectivity index (χ3n) is 3.36. The van der Waals surface area contributed by atoms with Crippen molar-refractivity contribution in [1.29, 1.82) is 0 Å². The van der Waals surface area contributed by atoms with Crippen molar-refractivity contribution < 1.29 is 19.4 Å². The Hall–Kier alpha value is -1.97. The number of carbonyl (C=O) groups is 1. The average Bonchev–Trinajstić information content (AvgIpc) is 2.52. The van der Waals surface area contributed by atoms with E-state index in [1.807, 2.05) is 12.1 Å². The van der Waals surface area contributed by atoms with Crippen LogP contribution in [0.1, 0.15) is 51.0 Å². The van der Waals surface area contributed by atoms with E-state index in [2.05, 4.69) is 6.92 Å². The SMILES string of the molecule is CCCCCCCCOc1ccc(C=CC(=O)O)cc1OC. The number of hydrogen-bond acceptors (Lipinski definition) is 3. The first-order chi connectivity index (χ1) is 10.7. The molecular formula is C18H26O4. The van der Waals surface area contributed by atoms with Crippen LogP contribution >= 0.6 is 0 Å². The first-order valence-corrected chi connectivity index (χ1v) is 7.89. The quantitative estimate of drug-likeness (QED) is 0.482. The van der Waals surface area contributed by atoms with E-state index in [1.165, 1.54) is 38.2 Å². The number of benzene rings is 1.